The van der Waals surface area contributed by atoms with Gasteiger partial charge in [0.15, 0.2) is 0 Å². The van der Waals surface area contributed by atoms with Crippen molar-refractivity contribution < 1.29 is 0 Å². The predicted octanol–water partition coefficient (Wildman–Crippen LogP) is 2.24. The van der Waals surface area contributed by atoms with Crippen molar-refractivity contribution >= 4 is 11.3 Å². The molecule has 2 aromatic heterocycles. The SMILES string of the molecule is CCc1cc(N[C@H]2CNCC[C@H]2c2ccccc2)c2nncn2n1. The summed E-state index contributed by atoms with van der Waals surface area (Å²) in [6.07, 6.45) is 3.66. The van der Waals surface area contributed by atoms with E-state index in [1.807, 2.05) is 0 Å². The molecule has 1 aromatic carbocycles. The van der Waals surface area contributed by atoms with Gasteiger partial charge in [-0.3, -0.25) is 0 Å². The monoisotopic (exact) mass is 322 g/mol. The lowest BCUT2D eigenvalue weighted by atomic mass is 9.86. The standard InChI is InChI=1S/C18H22N6/c1-2-14-10-16(18-22-20-12-24(18)23-14)21-17-11-19-9-8-15(17)13-6-4-3-5-7-13/h3-7,10,12,15,17,19,21H,2,8-9,11H2,1H3/t15-,17-/m0/s1. The summed E-state index contributed by atoms with van der Waals surface area (Å²) in [6.45, 7) is 4.09. The molecule has 124 valence electrons. The van der Waals surface area contributed by atoms with Crippen LogP contribution in [0.15, 0.2) is 42.7 Å². The Labute approximate surface area is 141 Å². The lowest BCUT2D eigenvalue weighted by Crippen LogP contribution is -2.44. The van der Waals surface area contributed by atoms with Gasteiger partial charge in [-0.1, -0.05) is 37.3 Å². The number of benzene rings is 1. The fraction of sp³-hybridized carbons (Fsp3) is 0.389. The van der Waals surface area contributed by atoms with Crippen LogP contribution < -0.4 is 10.6 Å². The number of nitrogens with zero attached hydrogens (tertiary/aromatic N) is 4. The molecular weight excluding hydrogens is 300 g/mol. The van der Waals surface area contributed by atoms with Crippen LogP contribution in [0.5, 0.6) is 0 Å². The Morgan fingerprint density at radius 1 is 1.29 bits per heavy atom. The quantitative estimate of drug-likeness (QED) is 0.771. The third-order valence-corrected chi connectivity index (χ3v) is 4.73. The molecule has 2 atom stereocenters. The molecule has 24 heavy (non-hydrogen) atoms. The van der Waals surface area contributed by atoms with Crippen LogP contribution >= 0.6 is 0 Å². The van der Waals surface area contributed by atoms with Gasteiger partial charge in [0.1, 0.15) is 6.33 Å². The number of nitrogens with one attached hydrogen (secondary N) is 2. The van der Waals surface area contributed by atoms with E-state index < -0.39 is 0 Å². The lowest BCUT2D eigenvalue weighted by molar-refractivity contribution is 0.422. The molecule has 6 nitrogen and oxygen atoms in total. The largest absolute Gasteiger partial charge is 0.377 e. The highest BCUT2D eigenvalue weighted by atomic mass is 15.3. The molecule has 3 aromatic rings. The van der Waals surface area contributed by atoms with E-state index in [2.05, 4.69) is 69.3 Å². The maximum absolute atomic E-state index is 4.52. The molecule has 0 bridgehead atoms. The van der Waals surface area contributed by atoms with E-state index in [4.69, 9.17) is 0 Å². The maximum Gasteiger partial charge on any atom is 0.200 e. The van der Waals surface area contributed by atoms with Gasteiger partial charge in [-0.2, -0.15) is 9.61 Å². The van der Waals surface area contributed by atoms with Gasteiger partial charge in [0, 0.05) is 18.5 Å². The summed E-state index contributed by atoms with van der Waals surface area (Å²) >= 11 is 0. The van der Waals surface area contributed by atoms with Gasteiger partial charge in [-0.05, 0) is 31.0 Å². The average molecular weight is 322 g/mol. The van der Waals surface area contributed by atoms with Gasteiger partial charge in [0.25, 0.3) is 0 Å². The molecule has 1 saturated heterocycles. The Kier molecular flexibility index (Phi) is 4.13. The molecule has 4 rings (SSSR count). The van der Waals surface area contributed by atoms with E-state index in [0.29, 0.717) is 12.0 Å². The molecule has 0 spiro atoms. The van der Waals surface area contributed by atoms with Gasteiger partial charge >= 0.3 is 0 Å². The number of anilines is 1. The van der Waals surface area contributed by atoms with Gasteiger partial charge in [-0.15, -0.1) is 10.2 Å². The minimum atomic E-state index is 0.314. The summed E-state index contributed by atoms with van der Waals surface area (Å²) < 4.78 is 1.76. The van der Waals surface area contributed by atoms with Crippen molar-refractivity contribution in [3.63, 3.8) is 0 Å². The molecule has 3 heterocycles. The normalized spacial score (nSPS) is 21.0. The number of fused-ring (bicyclic) bond motifs is 1. The van der Waals surface area contributed by atoms with Gasteiger partial charge in [-0.25, -0.2) is 0 Å². The van der Waals surface area contributed by atoms with Crippen molar-refractivity contribution in [3.05, 3.63) is 54.0 Å². The van der Waals surface area contributed by atoms with Crippen molar-refractivity contribution in [2.75, 3.05) is 18.4 Å². The Balaban J connectivity index is 1.67. The topological polar surface area (TPSA) is 67.1 Å². The van der Waals surface area contributed by atoms with E-state index in [9.17, 15) is 0 Å². The van der Waals surface area contributed by atoms with Crippen molar-refractivity contribution in [3.8, 4) is 0 Å². The molecular formula is C18H22N6. The Morgan fingerprint density at radius 2 is 2.17 bits per heavy atom. The lowest BCUT2D eigenvalue weighted by Gasteiger charge is -2.34. The zero-order valence-electron chi connectivity index (χ0n) is 13.8. The molecule has 0 radical (unpaired) electrons. The Morgan fingerprint density at radius 3 is 3.00 bits per heavy atom. The van der Waals surface area contributed by atoms with Crippen molar-refractivity contribution in [1.82, 2.24) is 25.1 Å². The van der Waals surface area contributed by atoms with Crippen LogP contribution in [0.25, 0.3) is 5.65 Å². The smallest absolute Gasteiger partial charge is 0.200 e. The van der Waals surface area contributed by atoms with Crippen molar-refractivity contribution in [2.24, 2.45) is 0 Å². The van der Waals surface area contributed by atoms with Crippen LogP contribution in [-0.2, 0) is 6.42 Å². The first-order valence-electron chi connectivity index (χ1n) is 8.57. The van der Waals surface area contributed by atoms with E-state index in [1.54, 1.807) is 10.8 Å². The fourth-order valence-electron chi connectivity index (χ4n) is 3.47. The van der Waals surface area contributed by atoms with Crippen LogP contribution in [0.3, 0.4) is 0 Å². The highest BCUT2D eigenvalue weighted by Gasteiger charge is 2.27. The first-order valence-corrected chi connectivity index (χ1v) is 8.57. The summed E-state index contributed by atoms with van der Waals surface area (Å²) in [6, 6.07) is 13.2. The van der Waals surface area contributed by atoms with Gasteiger partial charge in [0.05, 0.1) is 11.4 Å². The molecule has 1 fully saturated rings. The summed E-state index contributed by atoms with van der Waals surface area (Å²) in [4.78, 5) is 0. The number of piperidine rings is 1. The zero-order chi connectivity index (χ0) is 16.4. The fourth-order valence-corrected chi connectivity index (χ4v) is 3.47. The van der Waals surface area contributed by atoms with Gasteiger partial charge in [0.2, 0.25) is 5.65 Å². The number of hydrogen-bond donors (Lipinski definition) is 2. The summed E-state index contributed by atoms with van der Waals surface area (Å²) in [7, 11) is 0. The van der Waals surface area contributed by atoms with E-state index >= 15 is 0 Å². The molecule has 6 heteroatoms. The molecule has 0 unspecified atom stereocenters. The van der Waals surface area contributed by atoms with Crippen molar-refractivity contribution in [1.29, 1.82) is 0 Å². The predicted molar refractivity (Wildman–Crippen MR) is 94.2 cm³/mol. The van der Waals surface area contributed by atoms with E-state index in [0.717, 1.165) is 43.0 Å². The number of hydrogen-bond acceptors (Lipinski definition) is 5. The van der Waals surface area contributed by atoms with E-state index in [-0.39, 0.29) is 0 Å². The van der Waals surface area contributed by atoms with Crippen LogP contribution in [0.2, 0.25) is 0 Å². The number of aryl methyl sites for hydroxylation is 1. The highest BCUT2D eigenvalue weighted by molar-refractivity contribution is 5.67. The van der Waals surface area contributed by atoms with Crippen molar-refractivity contribution in [2.45, 2.75) is 31.7 Å². The second-order valence-corrected chi connectivity index (χ2v) is 6.26. The minimum absolute atomic E-state index is 0.314. The first kappa shape index (κ1) is 15.1. The number of aromatic nitrogens is 4. The second-order valence-electron chi connectivity index (χ2n) is 6.26. The maximum atomic E-state index is 4.52. The third kappa shape index (κ3) is 2.85. The summed E-state index contributed by atoms with van der Waals surface area (Å²) in [5.41, 5.74) is 4.21. The average Bonchev–Trinajstić information content (AvgIpc) is 3.12. The molecule has 0 aliphatic carbocycles. The Hall–Kier alpha value is -2.47. The molecule has 1 aliphatic rings. The first-order chi connectivity index (χ1) is 11.8. The minimum Gasteiger partial charge on any atom is -0.377 e. The van der Waals surface area contributed by atoms with Crippen LogP contribution in [-0.4, -0.2) is 38.9 Å². The van der Waals surface area contributed by atoms with Gasteiger partial charge < -0.3 is 10.6 Å². The molecule has 2 N–H and O–H groups in total. The number of rotatable bonds is 4. The zero-order valence-corrected chi connectivity index (χ0v) is 13.8. The van der Waals surface area contributed by atoms with Crippen LogP contribution in [0, 0.1) is 0 Å². The Bertz CT molecular complexity index is 813. The molecule has 0 saturated carbocycles. The van der Waals surface area contributed by atoms with Crippen LogP contribution in [0.1, 0.15) is 30.5 Å². The summed E-state index contributed by atoms with van der Waals surface area (Å²) in [5.74, 6) is 0.480. The molecule has 0 amide bonds. The second kappa shape index (κ2) is 6.57. The summed E-state index contributed by atoms with van der Waals surface area (Å²) in [5, 5.41) is 20.0. The van der Waals surface area contributed by atoms with E-state index in [1.165, 1.54) is 5.56 Å². The highest BCUT2D eigenvalue weighted by Crippen LogP contribution is 2.29. The van der Waals surface area contributed by atoms with Crippen LogP contribution in [0.4, 0.5) is 5.69 Å². The third-order valence-electron chi connectivity index (χ3n) is 4.73. The molecule has 1 aliphatic heterocycles.